The van der Waals surface area contributed by atoms with Crippen molar-refractivity contribution >= 4 is 27.4 Å². The normalized spacial score (nSPS) is 11.4. The monoisotopic (exact) mass is 325 g/mol. The fourth-order valence-corrected chi connectivity index (χ4v) is 3.03. The Morgan fingerprint density at radius 3 is 2.67 bits per heavy atom. The van der Waals surface area contributed by atoms with Crippen molar-refractivity contribution in [3.63, 3.8) is 0 Å². The molecule has 0 aliphatic rings. The summed E-state index contributed by atoms with van der Waals surface area (Å²) >= 11 is 5.82. The molecule has 0 saturated carbocycles. The third-order valence-electron chi connectivity index (χ3n) is 2.84. The molecule has 0 aliphatic heterocycles. The number of rotatable bonds is 5. The Labute approximate surface area is 129 Å². The van der Waals surface area contributed by atoms with Crippen LogP contribution in [0.15, 0.2) is 47.5 Å². The molecule has 5 nitrogen and oxygen atoms in total. The van der Waals surface area contributed by atoms with E-state index in [2.05, 4.69) is 9.71 Å². The van der Waals surface area contributed by atoms with Crippen molar-refractivity contribution < 1.29 is 8.42 Å². The van der Waals surface area contributed by atoms with Gasteiger partial charge < -0.3 is 4.90 Å². The summed E-state index contributed by atoms with van der Waals surface area (Å²) in [5.41, 5.74) is 0.833. The number of halogens is 1. The van der Waals surface area contributed by atoms with Gasteiger partial charge in [0, 0.05) is 31.9 Å². The average Bonchev–Trinajstić information content (AvgIpc) is 2.45. The maximum Gasteiger partial charge on any atom is 0.240 e. The van der Waals surface area contributed by atoms with Crippen LogP contribution in [0.5, 0.6) is 0 Å². The van der Waals surface area contributed by atoms with Crippen LogP contribution < -0.4 is 9.62 Å². The SMILES string of the molecule is CN(C)c1cc(CNS(=O)(=O)c2cccc(Cl)c2)ccn1. The largest absolute Gasteiger partial charge is 0.363 e. The minimum Gasteiger partial charge on any atom is -0.363 e. The van der Waals surface area contributed by atoms with Crippen molar-refractivity contribution in [1.82, 2.24) is 9.71 Å². The second-order valence-electron chi connectivity index (χ2n) is 4.70. The van der Waals surface area contributed by atoms with E-state index in [9.17, 15) is 8.42 Å². The van der Waals surface area contributed by atoms with Crippen LogP contribution in [-0.4, -0.2) is 27.5 Å². The molecule has 0 saturated heterocycles. The highest BCUT2D eigenvalue weighted by Crippen LogP contribution is 2.16. The predicted octanol–water partition coefficient (Wildman–Crippen LogP) is 2.28. The van der Waals surface area contributed by atoms with Gasteiger partial charge in [0.1, 0.15) is 5.82 Å². The number of sulfonamides is 1. The smallest absolute Gasteiger partial charge is 0.240 e. The second-order valence-corrected chi connectivity index (χ2v) is 6.90. The number of nitrogens with one attached hydrogen (secondary N) is 1. The first kappa shape index (κ1) is 15.8. The zero-order valence-corrected chi connectivity index (χ0v) is 13.3. The second kappa shape index (κ2) is 6.43. The summed E-state index contributed by atoms with van der Waals surface area (Å²) in [5.74, 6) is 0.773. The lowest BCUT2D eigenvalue weighted by atomic mass is 10.2. The van der Waals surface area contributed by atoms with Gasteiger partial charge in [-0.25, -0.2) is 18.1 Å². The lowest BCUT2D eigenvalue weighted by molar-refractivity contribution is 0.581. The van der Waals surface area contributed by atoms with E-state index in [0.29, 0.717) is 5.02 Å². The predicted molar refractivity (Wildman–Crippen MR) is 84.0 cm³/mol. The molecule has 0 spiro atoms. The standard InChI is InChI=1S/C14H16ClN3O2S/c1-18(2)14-8-11(6-7-16-14)10-17-21(19,20)13-5-3-4-12(15)9-13/h3-9,17H,10H2,1-2H3. The number of aromatic nitrogens is 1. The molecule has 2 rings (SSSR count). The Kier molecular flexibility index (Phi) is 4.82. The Bertz CT molecular complexity index is 733. The highest BCUT2D eigenvalue weighted by molar-refractivity contribution is 7.89. The molecule has 112 valence electrons. The Hall–Kier alpha value is -1.63. The lowest BCUT2D eigenvalue weighted by Gasteiger charge is -2.12. The number of nitrogens with zero attached hydrogens (tertiary/aromatic N) is 2. The Morgan fingerprint density at radius 1 is 1.24 bits per heavy atom. The van der Waals surface area contributed by atoms with E-state index in [1.165, 1.54) is 12.1 Å². The van der Waals surface area contributed by atoms with Crippen molar-refractivity contribution in [3.05, 3.63) is 53.2 Å². The van der Waals surface area contributed by atoms with Gasteiger partial charge in [-0.1, -0.05) is 17.7 Å². The van der Waals surface area contributed by atoms with Crippen molar-refractivity contribution in [2.75, 3.05) is 19.0 Å². The average molecular weight is 326 g/mol. The topological polar surface area (TPSA) is 62.3 Å². The summed E-state index contributed by atoms with van der Waals surface area (Å²) in [6.45, 7) is 0.193. The maximum absolute atomic E-state index is 12.2. The van der Waals surface area contributed by atoms with Crippen LogP contribution in [0.3, 0.4) is 0 Å². The summed E-state index contributed by atoms with van der Waals surface area (Å²) in [7, 11) is 0.172. The molecule has 0 unspecified atom stereocenters. The van der Waals surface area contributed by atoms with E-state index in [1.54, 1.807) is 24.4 Å². The van der Waals surface area contributed by atoms with Gasteiger partial charge in [0.15, 0.2) is 0 Å². The first-order chi connectivity index (χ1) is 9.88. The van der Waals surface area contributed by atoms with E-state index in [-0.39, 0.29) is 11.4 Å². The van der Waals surface area contributed by atoms with Crippen LogP contribution in [0.25, 0.3) is 0 Å². The van der Waals surface area contributed by atoms with Crippen molar-refractivity contribution in [2.24, 2.45) is 0 Å². The maximum atomic E-state index is 12.2. The minimum absolute atomic E-state index is 0.150. The van der Waals surface area contributed by atoms with Gasteiger partial charge in [0.25, 0.3) is 0 Å². The number of anilines is 1. The third kappa shape index (κ3) is 4.17. The lowest BCUT2D eigenvalue weighted by Crippen LogP contribution is -2.23. The molecule has 1 aromatic carbocycles. The van der Waals surface area contributed by atoms with Crippen LogP contribution in [0, 0.1) is 0 Å². The van der Waals surface area contributed by atoms with Gasteiger partial charge in [0.05, 0.1) is 4.90 Å². The number of benzene rings is 1. The molecule has 0 fully saturated rings. The van der Waals surface area contributed by atoms with Gasteiger partial charge in [0.2, 0.25) is 10.0 Å². The van der Waals surface area contributed by atoms with E-state index in [1.807, 2.05) is 25.1 Å². The van der Waals surface area contributed by atoms with Crippen LogP contribution in [0.2, 0.25) is 5.02 Å². The molecule has 1 heterocycles. The van der Waals surface area contributed by atoms with E-state index >= 15 is 0 Å². The van der Waals surface area contributed by atoms with Gasteiger partial charge in [-0.3, -0.25) is 0 Å². The summed E-state index contributed by atoms with van der Waals surface area (Å²) < 4.78 is 26.9. The highest BCUT2D eigenvalue weighted by atomic mass is 35.5. The van der Waals surface area contributed by atoms with Crippen LogP contribution in [-0.2, 0) is 16.6 Å². The molecule has 1 aromatic heterocycles. The van der Waals surface area contributed by atoms with Gasteiger partial charge in [-0.15, -0.1) is 0 Å². The zero-order chi connectivity index (χ0) is 15.5. The van der Waals surface area contributed by atoms with Gasteiger partial charge in [-0.05, 0) is 35.9 Å². The third-order valence-corrected chi connectivity index (χ3v) is 4.47. The zero-order valence-electron chi connectivity index (χ0n) is 11.7. The van der Waals surface area contributed by atoms with Crippen LogP contribution >= 0.6 is 11.6 Å². The van der Waals surface area contributed by atoms with Gasteiger partial charge in [-0.2, -0.15) is 0 Å². The van der Waals surface area contributed by atoms with Crippen molar-refractivity contribution in [3.8, 4) is 0 Å². The van der Waals surface area contributed by atoms with Crippen LogP contribution in [0.4, 0.5) is 5.82 Å². The Morgan fingerprint density at radius 2 is 2.00 bits per heavy atom. The number of pyridine rings is 1. The van der Waals surface area contributed by atoms with E-state index in [4.69, 9.17) is 11.6 Å². The number of hydrogen-bond acceptors (Lipinski definition) is 4. The highest BCUT2D eigenvalue weighted by Gasteiger charge is 2.14. The van der Waals surface area contributed by atoms with Gasteiger partial charge >= 0.3 is 0 Å². The fraction of sp³-hybridized carbons (Fsp3) is 0.214. The Balaban J connectivity index is 2.14. The van der Waals surface area contributed by atoms with E-state index in [0.717, 1.165) is 11.4 Å². The molecular weight excluding hydrogens is 310 g/mol. The first-order valence-electron chi connectivity index (χ1n) is 6.26. The quantitative estimate of drug-likeness (QED) is 0.916. The summed E-state index contributed by atoms with van der Waals surface area (Å²) in [6, 6.07) is 9.77. The minimum atomic E-state index is -3.58. The molecule has 21 heavy (non-hydrogen) atoms. The molecule has 0 amide bonds. The molecule has 2 aromatic rings. The summed E-state index contributed by atoms with van der Waals surface area (Å²) in [6.07, 6.45) is 1.65. The van der Waals surface area contributed by atoms with Crippen molar-refractivity contribution in [2.45, 2.75) is 11.4 Å². The number of hydrogen-bond donors (Lipinski definition) is 1. The van der Waals surface area contributed by atoms with Crippen LogP contribution in [0.1, 0.15) is 5.56 Å². The molecule has 0 atom stereocenters. The summed E-state index contributed by atoms with van der Waals surface area (Å²) in [4.78, 5) is 6.19. The van der Waals surface area contributed by atoms with Crippen molar-refractivity contribution in [1.29, 1.82) is 0 Å². The molecule has 7 heteroatoms. The van der Waals surface area contributed by atoms with E-state index < -0.39 is 10.0 Å². The molecular formula is C14H16ClN3O2S. The fourth-order valence-electron chi connectivity index (χ4n) is 1.71. The summed E-state index contributed by atoms with van der Waals surface area (Å²) in [5, 5.41) is 0.386. The first-order valence-corrected chi connectivity index (χ1v) is 8.12. The molecule has 0 aliphatic carbocycles. The molecule has 0 bridgehead atoms. The molecule has 0 radical (unpaired) electrons. The molecule has 1 N–H and O–H groups in total.